The molecule has 0 fully saturated rings. The van der Waals surface area contributed by atoms with Crippen LogP contribution in [0.25, 0.3) is 0 Å². The highest BCUT2D eigenvalue weighted by molar-refractivity contribution is 6.06. The van der Waals surface area contributed by atoms with Crippen molar-refractivity contribution < 1.29 is 9.63 Å². The molecule has 8 heteroatoms. The summed E-state index contributed by atoms with van der Waals surface area (Å²) in [6.45, 7) is 6.53. The van der Waals surface area contributed by atoms with Gasteiger partial charge in [-0.05, 0) is 19.1 Å². The zero-order valence-corrected chi connectivity index (χ0v) is 15.6. The van der Waals surface area contributed by atoms with E-state index in [1.54, 1.807) is 35.1 Å². The first-order valence-corrected chi connectivity index (χ1v) is 8.83. The predicted octanol–water partition coefficient (Wildman–Crippen LogP) is 2.28. The van der Waals surface area contributed by atoms with Crippen molar-refractivity contribution in [3.05, 3.63) is 42.2 Å². The number of nitrogens with zero attached hydrogens (tertiary/aromatic N) is 5. The van der Waals surface area contributed by atoms with E-state index in [1.165, 1.54) is 0 Å². The van der Waals surface area contributed by atoms with Gasteiger partial charge >= 0.3 is 0 Å². The van der Waals surface area contributed by atoms with Gasteiger partial charge in [0.1, 0.15) is 5.69 Å². The number of pyridine rings is 1. The molecule has 0 saturated heterocycles. The number of aromatic nitrogens is 3. The Morgan fingerprint density at radius 1 is 1.31 bits per heavy atom. The molecule has 0 radical (unpaired) electrons. The van der Waals surface area contributed by atoms with Crippen LogP contribution in [0.3, 0.4) is 0 Å². The number of imidazole rings is 1. The Morgan fingerprint density at radius 3 is 2.65 bits per heavy atom. The third-order valence-corrected chi connectivity index (χ3v) is 4.74. The summed E-state index contributed by atoms with van der Waals surface area (Å²) < 4.78 is 1.73. The van der Waals surface area contributed by atoms with Crippen LogP contribution < -0.4 is 10.2 Å². The maximum atomic E-state index is 13.0. The van der Waals surface area contributed by atoms with Crippen molar-refractivity contribution in [1.82, 2.24) is 19.9 Å². The van der Waals surface area contributed by atoms with E-state index in [2.05, 4.69) is 20.4 Å². The van der Waals surface area contributed by atoms with Gasteiger partial charge in [0.2, 0.25) is 11.6 Å². The first-order chi connectivity index (χ1) is 12.5. The molecule has 138 valence electrons. The van der Waals surface area contributed by atoms with Crippen LogP contribution in [0.15, 0.2) is 35.9 Å². The number of hydrogen-bond donors (Lipinski definition) is 1. The van der Waals surface area contributed by atoms with Gasteiger partial charge in [-0.25, -0.2) is 4.98 Å². The molecule has 1 aliphatic heterocycles. The summed E-state index contributed by atoms with van der Waals surface area (Å²) in [5, 5.41) is 7.44. The molecule has 0 atom stereocenters. The molecule has 0 bridgehead atoms. The van der Waals surface area contributed by atoms with Gasteiger partial charge in [-0.15, -0.1) is 0 Å². The van der Waals surface area contributed by atoms with E-state index in [9.17, 15) is 4.79 Å². The van der Waals surface area contributed by atoms with Crippen LogP contribution >= 0.6 is 0 Å². The van der Waals surface area contributed by atoms with Gasteiger partial charge in [0.15, 0.2) is 5.82 Å². The lowest BCUT2D eigenvalue weighted by Gasteiger charge is -2.24. The van der Waals surface area contributed by atoms with E-state index in [4.69, 9.17) is 4.84 Å². The SMILES string of the molecule is CCN(C(=O)c1cnc(C2=NOC(CC)(CC)N2)n1C)c1cccnc1. The summed E-state index contributed by atoms with van der Waals surface area (Å²) >= 11 is 0. The standard InChI is InChI=1S/C18H24N6O2/c1-5-18(6-2)21-15(22-26-18)16-20-12-14(23(16)4)17(25)24(7-3)13-9-8-10-19-11-13/h8-12H,5-7H2,1-4H3,(H,21,22). The molecule has 0 aromatic carbocycles. The summed E-state index contributed by atoms with van der Waals surface area (Å²) in [7, 11) is 1.80. The Balaban J connectivity index is 1.86. The number of nitrogens with one attached hydrogen (secondary N) is 1. The lowest BCUT2D eigenvalue weighted by molar-refractivity contribution is -0.0392. The Hall–Kier alpha value is -2.90. The van der Waals surface area contributed by atoms with E-state index < -0.39 is 5.72 Å². The van der Waals surface area contributed by atoms with E-state index in [0.29, 0.717) is 23.9 Å². The minimum absolute atomic E-state index is 0.140. The average Bonchev–Trinajstić information content (AvgIpc) is 3.27. The van der Waals surface area contributed by atoms with Crippen molar-refractivity contribution >= 4 is 17.4 Å². The normalized spacial score (nSPS) is 15.2. The second kappa shape index (κ2) is 7.15. The minimum atomic E-state index is -0.503. The molecule has 0 unspecified atom stereocenters. The van der Waals surface area contributed by atoms with Crippen molar-refractivity contribution in [3.63, 3.8) is 0 Å². The average molecular weight is 356 g/mol. The molecule has 1 N–H and O–H groups in total. The molecule has 3 rings (SSSR count). The summed E-state index contributed by atoms with van der Waals surface area (Å²) in [6, 6.07) is 3.67. The van der Waals surface area contributed by atoms with Gasteiger partial charge in [-0.2, -0.15) is 0 Å². The molecule has 26 heavy (non-hydrogen) atoms. The first-order valence-electron chi connectivity index (χ1n) is 8.83. The van der Waals surface area contributed by atoms with Crippen molar-refractivity contribution in [2.75, 3.05) is 11.4 Å². The largest absolute Gasteiger partial charge is 0.365 e. The third kappa shape index (κ3) is 3.02. The van der Waals surface area contributed by atoms with Gasteiger partial charge in [0, 0.05) is 32.6 Å². The molecular weight excluding hydrogens is 332 g/mol. The molecule has 3 heterocycles. The molecule has 2 aromatic heterocycles. The number of oxime groups is 1. The molecule has 0 spiro atoms. The molecule has 0 saturated carbocycles. The quantitative estimate of drug-likeness (QED) is 0.858. The topological polar surface area (TPSA) is 84.6 Å². The van der Waals surface area contributed by atoms with Crippen molar-refractivity contribution in [2.45, 2.75) is 39.3 Å². The first kappa shape index (κ1) is 17.9. The summed E-state index contributed by atoms with van der Waals surface area (Å²) in [5.74, 6) is 0.970. The fraction of sp³-hybridized carbons (Fsp3) is 0.444. The van der Waals surface area contributed by atoms with Crippen LogP contribution in [0, 0.1) is 0 Å². The lowest BCUT2D eigenvalue weighted by Crippen LogP contribution is -2.44. The predicted molar refractivity (Wildman–Crippen MR) is 98.9 cm³/mol. The highest BCUT2D eigenvalue weighted by Gasteiger charge is 2.37. The van der Waals surface area contributed by atoms with Crippen molar-refractivity contribution in [1.29, 1.82) is 0 Å². The Bertz CT molecular complexity index is 810. The van der Waals surface area contributed by atoms with Gasteiger partial charge in [-0.3, -0.25) is 9.78 Å². The van der Waals surface area contributed by atoms with E-state index in [-0.39, 0.29) is 5.91 Å². The van der Waals surface area contributed by atoms with Crippen LogP contribution in [0.2, 0.25) is 0 Å². The Morgan fingerprint density at radius 2 is 2.08 bits per heavy atom. The number of anilines is 1. The van der Waals surface area contributed by atoms with Crippen molar-refractivity contribution in [3.8, 4) is 0 Å². The Labute approximate surface area is 152 Å². The van der Waals surface area contributed by atoms with Crippen LogP contribution in [-0.4, -0.2) is 38.5 Å². The number of hydrogen-bond acceptors (Lipinski definition) is 6. The third-order valence-electron chi connectivity index (χ3n) is 4.74. The number of rotatable bonds is 6. The molecule has 1 amide bonds. The minimum Gasteiger partial charge on any atom is -0.365 e. The van der Waals surface area contributed by atoms with E-state index >= 15 is 0 Å². The maximum absolute atomic E-state index is 13.0. The molecule has 0 aliphatic carbocycles. The van der Waals surface area contributed by atoms with Gasteiger partial charge in [0.05, 0.1) is 18.1 Å². The zero-order chi connectivity index (χ0) is 18.7. The monoisotopic (exact) mass is 356 g/mol. The summed E-state index contributed by atoms with van der Waals surface area (Å²) in [4.78, 5) is 28.7. The molecular formula is C18H24N6O2. The van der Waals surface area contributed by atoms with E-state index in [1.807, 2.05) is 32.9 Å². The molecule has 2 aromatic rings. The van der Waals surface area contributed by atoms with Crippen LogP contribution in [-0.2, 0) is 11.9 Å². The second-order valence-corrected chi connectivity index (χ2v) is 6.14. The van der Waals surface area contributed by atoms with Gasteiger partial charge in [-0.1, -0.05) is 19.0 Å². The van der Waals surface area contributed by atoms with Gasteiger partial charge in [0.25, 0.3) is 5.91 Å². The zero-order valence-electron chi connectivity index (χ0n) is 15.6. The lowest BCUT2D eigenvalue weighted by atomic mass is 10.1. The molecule has 8 nitrogen and oxygen atoms in total. The Kier molecular flexibility index (Phi) is 4.92. The number of carbonyl (C=O) groups is 1. The smallest absolute Gasteiger partial charge is 0.276 e. The number of amidine groups is 1. The summed E-state index contributed by atoms with van der Waals surface area (Å²) in [5.41, 5.74) is 0.718. The van der Waals surface area contributed by atoms with Crippen LogP contribution in [0.1, 0.15) is 49.9 Å². The highest BCUT2D eigenvalue weighted by atomic mass is 16.7. The highest BCUT2D eigenvalue weighted by Crippen LogP contribution is 2.24. The number of amides is 1. The fourth-order valence-corrected chi connectivity index (χ4v) is 2.97. The van der Waals surface area contributed by atoms with Gasteiger partial charge < -0.3 is 19.6 Å². The second-order valence-electron chi connectivity index (χ2n) is 6.14. The maximum Gasteiger partial charge on any atom is 0.276 e. The van der Waals surface area contributed by atoms with E-state index in [0.717, 1.165) is 18.5 Å². The molecule has 1 aliphatic rings. The van der Waals surface area contributed by atoms with Crippen LogP contribution in [0.4, 0.5) is 5.69 Å². The van der Waals surface area contributed by atoms with Crippen LogP contribution in [0.5, 0.6) is 0 Å². The summed E-state index contributed by atoms with van der Waals surface area (Å²) in [6.07, 6.45) is 6.47. The number of carbonyl (C=O) groups excluding carboxylic acids is 1. The fourth-order valence-electron chi connectivity index (χ4n) is 2.97. The van der Waals surface area contributed by atoms with Crippen molar-refractivity contribution in [2.24, 2.45) is 12.2 Å².